The van der Waals surface area contributed by atoms with Crippen LogP contribution in [0.25, 0.3) is 0 Å². The lowest BCUT2D eigenvalue weighted by atomic mass is 10.1. The van der Waals surface area contributed by atoms with Crippen molar-refractivity contribution in [1.29, 1.82) is 0 Å². The number of rotatable bonds is 9. The number of amides is 1. The molecule has 3 rings (SSSR count). The Bertz CT molecular complexity index is 983. The SMILES string of the molecule is CCc1cc(C)cc(OCCOc2ccc(C=NNC(=O)c3ccccc3)cc2)c1. The summed E-state index contributed by atoms with van der Waals surface area (Å²) in [6.45, 7) is 5.13. The van der Waals surface area contributed by atoms with Gasteiger partial charge in [0.05, 0.1) is 6.21 Å². The third-order valence-electron chi connectivity index (χ3n) is 4.44. The van der Waals surface area contributed by atoms with Gasteiger partial charge in [0.1, 0.15) is 24.7 Å². The number of aryl methyl sites for hydroxylation is 2. The molecule has 154 valence electrons. The predicted octanol–water partition coefficient (Wildman–Crippen LogP) is 4.78. The molecule has 0 aliphatic rings. The van der Waals surface area contributed by atoms with Gasteiger partial charge in [-0.2, -0.15) is 5.10 Å². The van der Waals surface area contributed by atoms with E-state index in [4.69, 9.17) is 9.47 Å². The molecule has 5 heteroatoms. The van der Waals surface area contributed by atoms with Crippen LogP contribution in [0, 0.1) is 6.92 Å². The Morgan fingerprint density at radius 1 is 0.933 bits per heavy atom. The summed E-state index contributed by atoms with van der Waals surface area (Å²) in [6, 6.07) is 22.7. The van der Waals surface area contributed by atoms with Crippen molar-refractivity contribution >= 4 is 12.1 Å². The van der Waals surface area contributed by atoms with Gasteiger partial charge in [-0.1, -0.05) is 31.2 Å². The quantitative estimate of drug-likeness (QED) is 0.318. The van der Waals surface area contributed by atoms with Crippen LogP contribution in [-0.2, 0) is 6.42 Å². The van der Waals surface area contributed by atoms with Crippen molar-refractivity contribution in [2.24, 2.45) is 5.10 Å². The molecule has 0 unspecified atom stereocenters. The summed E-state index contributed by atoms with van der Waals surface area (Å²) >= 11 is 0. The average molecular weight is 402 g/mol. The third kappa shape index (κ3) is 6.48. The maximum absolute atomic E-state index is 11.9. The molecule has 0 fully saturated rings. The van der Waals surface area contributed by atoms with Gasteiger partial charge in [-0.15, -0.1) is 0 Å². The number of hydrogen-bond donors (Lipinski definition) is 1. The van der Waals surface area contributed by atoms with E-state index >= 15 is 0 Å². The topological polar surface area (TPSA) is 59.9 Å². The largest absolute Gasteiger partial charge is 0.490 e. The van der Waals surface area contributed by atoms with Gasteiger partial charge in [-0.05, 0) is 78.6 Å². The summed E-state index contributed by atoms with van der Waals surface area (Å²) in [5.41, 5.74) is 6.40. The highest BCUT2D eigenvalue weighted by atomic mass is 16.5. The number of carbonyl (C=O) groups is 1. The fourth-order valence-electron chi connectivity index (χ4n) is 2.90. The van der Waals surface area contributed by atoms with Crippen LogP contribution in [0.2, 0.25) is 0 Å². The molecule has 0 spiro atoms. The van der Waals surface area contributed by atoms with Crippen LogP contribution >= 0.6 is 0 Å². The molecule has 0 atom stereocenters. The van der Waals surface area contributed by atoms with Gasteiger partial charge in [0.15, 0.2) is 0 Å². The van der Waals surface area contributed by atoms with E-state index in [1.54, 1.807) is 18.3 Å². The maximum Gasteiger partial charge on any atom is 0.271 e. The molecule has 0 heterocycles. The van der Waals surface area contributed by atoms with Crippen LogP contribution in [0.5, 0.6) is 11.5 Å². The zero-order valence-corrected chi connectivity index (χ0v) is 17.3. The van der Waals surface area contributed by atoms with E-state index in [-0.39, 0.29) is 5.91 Å². The minimum Gasteiger partial charge on any atom is -0.490 e. The number of hydrogen-bond acceptors (Lipinski definition) is 4. The molecule has 0 bridgehead atoms. The smallest absolute Gasteiger partial charge is 0.271 e. The summed E-state index contributed by atoms with van der Waals surface area (Å²) in [7, 11) is 0. The first kappa shape index (κ1) is 21.1. The lowest BCUT2D eigenvalue weighted by molar-refractivity contribution is 0.0955. The zero-order valence-electron chi connectivity index (χ0n) is 17.3. The molecule has 1 N–H and O–H groups in total. The van der Waals surface area contributed by atoms with Gasteiger partial charge in [0.25, 0.3) is 5.91 Å². The van der Waals surface area contributed by atoms with Crippen LogP contribution in [0.1, 0.15) is 34.0 Å². The van der Waals surface area contributed by atoms with E-state index in [0.29, 0.717) is 18.8 Å². The molecule has 0 saturated carbocycles. The van der Waals surface area contributed by atoms with Gasteiger partial charge >= 0.3 is 0 Å². The highest BCUT2D eigenvalue weighted by Crippen LogP contribution is 2.17. The Morgan fingerprint density at radius 3 is 2.33 bits per heavy atom. The average Bonchev–Trinajstić information content (AvgIpc) is 2.78. The minimum atomic E-state index is -0.244. The van der Waals surface area contributed by atoms with Crippen molar-refractivity contribution < 1.29 is 14.3 Å². The van der Waals surface area contributed by atoms with Crippen LogP contribution < -0.4 is 14.9 Å². The molecule has 5 nitrogen and oxygen atoms in total. The minimum absolute atomic E-state index is 0.244. The van der Waals surface area contributed by atoms with Crippen LogP contribution in [0.15, 0.2) is 77.9 Å². The molecule has 1 amide bonds. The number of carbonyl (C=O) groups excluding carboxylic acids is 1. The first-order valence-electron chi connectivity index (χ1n) is 9.98. The molecule has 3 aromatic carbocycles. The third-order valence-corrected chi connectivity index (χ3v) is 4.44. The van der Waals surface area contributed by atoms with E-state index < -0.39 is 0 Å². The van der Waals surface area contributed by atoms with E-state index in [1.807, 2.05) is 48.5 Å². The summed E-state index contributed by atoms with van der Waals surface area (Å²) in [5.74, 6) is 1.38. The van der Waals surface area contributed by atoms with Crippen molar-refractivity contribution in [2.45, 2.75) is 20.3 Å². The molecule has 0 radical (unpaired) electrons. The second-order valence-corrected chi connectivity index (χ2v) is 6.84. The summed E-state index contributed by atoms with van der Waals surface area (Å²) < 4.78 is 11.5. The number of ether oxygens (including phenoxy) is 2. The highest BCUT2D eigenvalue weighted by Gasteiger charge is 2.02. The van der Waals surface area contributed by atoms with E-state index in [2.05, 4.69) is 36.5 Å². The first-order chi connectivity index (χ1) is 14.6. The normalized spacial score (nSPS) is 10.7. The van der Waals surface area contributed by atoms with Crippen LogP contribution in [-0.4, -0.2) is 25.3 Å². The fraction of sp³-hybridized carbons (Fsp3) is 0.200. The molecule has 3 aromatic rings. The molecular formula is C25H26N2O3. The number of nitrogens with zero attached hydrogens (tertiary/aromatic N) is 1. The second kappa shape index (κ2) is 10.8. The number of benzene rings is 3. The summed E-state index contributed by atoms with van der Waals surface area (Å²) in [4.78, 5) is 11.9. The lowest BCUT2D eigenvalue weighted by Crippen LogP contribution is -2.17. The number of hydrazone groups is 1. The maximum atomic E-state index is 11.9. The van der Waals surface area contributed by atoms with Crippen molar-refractivity contribution in [3.8, 4) is 11.5 Å². The molecule has 0 aliphatic carbocycles. The van der Waals surface area contributed by atoms with E-state index in [1.165, 1.54) is 11.1 Å². The van der Waals surface area contributed by atoms with Gasteiger partial charge in [-0.25, -0.2) is 5.43 Å². The monoisotopic (exact) mass is 402 g/mol. The second-order valence-electron chi connectivity index (χ2n) is 6.84. The van der Waals surface area contributed by atoms with E-state index in [9.17, 15) is 4.79 Å². The van der Waals surface area contributed by atoms with Crippen molar-refractivity contribution in [2.75, 3.05) is 13.2 Å². The van der Waals surface area contributed by atoms with Gasteiger partial charge in [0.2, 0.25) is 0 Å². The summed E-state index contributed by atoms with van der Waals surface area (Å²) in [6.07, 6.45) is 2.58. The zero-order chi connectivity index (χ0) is 21.2. The fourth-order valence-corrected chi connectivity index (χ4v) is 2.90. The highest BCUT2D eigenvalue weighted by molar-refractivity contribution is 5.94. The van der Waals surface area contributed by atoms with Gasteiger partial charge in [0, 0.05) is 5.56 Å². The first-order valence-corrected chi connectivity index (χ1v) is 9.98. The molecule has 0 aliphatic heterocycles. The van der Waals surface area contributed by atoms with E-state index in [0.717, 1.165) is 23.5 Å². The van der Waals surface area contributed by atoms with Crippen molar-refractivity contribution in [1.82, 2.24) is 5.43 Å². The Balaban J connectivity index is 1.42. The Labute approximate surface area is 177 Å². The predicted molar refractivity (Wildman–Crippen MR) is 119 cm³/mol. The Morgan fingerprint density at radius 2 is 1.63 bits per heavy atom. The van der Waals surface area contributed by atoms with Crippen molar-refractivity contribution in [3.05, 3.63) is 95.1 Å². The Hall–Kier alpha value is -3.60. The Kier molecular flexibility index (Phi) is 7.61. The van der Waals surface area contributed by atoms with Gasteiger partial charge in [-0.3, -0.25) is 4.79 Å². The molecule has 30 heavy (non-hydrogen) atoms. The standard InChI is InChI=1S/C25H26N2O3/c1-3-20-15-19(2)16-24(17-20)30-14-13-29-23-11-9-21(10-12-23)18-26-27-25(28)22-7-5-4-6-8-22/h4-12,15-18H,3,13-14H2,1-2H3,(H,27,28). The van der Waals surface area contributed by atoms with Crippen LogP contribution in [0.4, 0.5) is 0 Å². The lowest BCUT2D eigenvalue weighted by Gasteiger charge is -2.10. The molecule has 0 aromatic heterocycles. The molecule has 0 saturated heterocycles. The van der Waals surface area contributed by atoms with Crippen molar-refractivity contribution in [3.63, 3.8) is 0 Å². The van der Waals surface area contributed by atoms with Crippen LogP contribution in [0.3, 0.4) is 0 Å². The number of nitrogens with one attached hydrogen (secondary N) is 1. The molecular weight excluding hydrogens is 376 g/mol. The van der Waals surface area contributed by atoms with Gasteiger partial charge < -0.3 is 9.47 Å². The summed E-state index contributed by atoms with van der Waals surface area (Å²) in [5, 5.41) is 3.99.